The Morgan fingerprint density at radius 2 is 1.10 bits per heavy atom. The molecular weight excluding hydrogens is 607 g/mol. The fraction of sp³-hybridized carbons (Fsp3) is 0.371. The summed E-state index contributed by atoms with van der Waals surface area (Å²) in [5, 5.41) is 9.08. The molecule has 48 heavy (non-hydrogen) atoms. The van der Waals surface area contributed by atoms with Gasteiger partial charge in [0.1, 0.15) is 22.8 Å². The number of nitrogens with two attached hydrogens (primary N) is 2. The molecule has 0 radical (unpaired) electrons. The number of carbonyl (C=O) groups excluding carboxylic acids is 1. The van der Waals surface area contributed by atoms with Crippen molar-refractivity contribution in [2.45, 2.75) is 78.6 Å². The molecule has 2 aromatic heterocycles. The van der Waals surface area contributed by atoms with Gasteiger partial charge in [-0.25, -0.2) is 29.5 Å². The van der Waals surface area contributed by atoms with Crippen LogP contribution in [0.2, 0.25) is 0 Å². The summed E-state index contributed by atoms with van der Waals surface area (Å²) in [7, 11) is 0. The number of esters is 1. The Labute approximate surface area is 293 Å². The van der Waals surface area contributed by atoms with Crippen molar-refractivity contribution >= 4 is 23.6 Å². The average molecular weight is 653 g/mol. The van der Waals surface area contributed by atoms with Gasteiger partial charge in [0.05, 0.1) is 18.0 Å². The summed E-state index contributed by atoms with van der Waals surface area (Å²) < 4.78 is 5.00. The average Bonchev–Trinajstić information content (AvgIpc) is 3.91. The van der Waals surface area contributed by atoms with E-state index in [1.54, 1.807) is 20.8 Å². The molecule has 252 valence electrons. The second-order valence-corrected chi connectivity index (χ2v) is 12.1. The molecule has 2 fully saturated rings. The molecule has 0 saturated heterocycles. The van der Waals surface area contributed by atoms with E-state index in [9.17, 15) is 9.59 Å². The summed E-state index contributed by atoms with van der Waals surface area (Å²) >= 11 is 0. The maximum Gasteiger partial charge on any atom is 1.00 e. The first-order valence-electron chi connectivity index (χ1n) is 14.8. The molecule has 0 atom stereocenters. The van der Waals surface area contributed by atoms with E-state index in [0.717, 1.165) is 11.1 Å². The smallest absolute Gasteiger partial charge is 0.870 e. The maximum atomic E-state index is 11.9. The van der Waals surface area contributed by atoms with Crippen molar-refractivity contribution in [1.82, 2.24) is 19.9 Å². The topological polar surface area (TPSA) is 229 Å². The number of ether oxygens (including phenoxy) is 1. The van der Waals surface area contributed by atoms with Crippen LogP contribution in [0.15, 0.2) is 48.5 Å². The van der Waals surface area contributed by atoms with Crippen LogP contribution in [0.25, 0.3) is 22.8 Å². The maximum absolute atomic E-state index is 11.9. The third-order valence-corrected chi connectivity index (χ3v) is 8.61. The first-order valence-corrected chi connectivity index (χ1v) is 14.8. The number of nitrogens with zero attached hydrogens (tertiary/aromatic N) is 4. The molecule has 0 bridgehead atoms. The van der Waals surface area contributed by atoms with Crippen molar-refractivity contribution in [3.8, 4) is 22.8 Å². The first-order chi connectivity index (χ1) is 20.8. The van der Waals surface area contributed by atoms with Crippen LogP contribution in [0.1, 0.15) is 97.1 Å². The number of hydrogen-bond donors (Lipinski definition) is 3. The molecule has 2 aliphatic rings. The fourth-order valence-corrected chi connectivity index (χ4v) is 5.16. The van der Waals surface area contributed by atoms with Gasteiger partial charge in [-0.1, -0.05) is 69.8 Å². The van der Waals surface area contributed by atoms with Crippen LogP contribution in [0, 0.1) is 13.8 Å². The minimum atomic E-state index is -1.10. The molecule has 2 aromatic carbocycles. The van der Waals surface area contributed by atoms with Crippen molar-refractivity contribution in [2.24, 2.45) is 0 Å². The zero-order chi connectivity index (χ0) is 31.8. The molecule has 13 heteroatoms. The summed E-state index contributed by atoms with van der Waals surface area (Å²) in [6.07, 6.45) is 4.93. The minimum Gasteiger partial charge on any atom is -0.870 e. The third-order valence-electron chi connectivity index (χ3n) is 8.61. The Bertz CT molecular complexity index is 1690. The number of aromatic carboxylic acids is 1. The summed E-state index contributed by atoms with van der Waals surface area (Å²) in [6.45, 7) is 9.94. The molecule has 2 saturated carbocycles. The number of rotatable bonds is 7. The molecule has 0 aliphatic heterocycles. The molecule has 6 rings (SSSR count). The molecule has 8 N–H and O–H groups in total. The van der Waals surface area contributed by atoms with Crippen LogP contribution >= 0.6 is 0 Å². The SMILES string of the molecule is C.CCOC(=O)c1c(C)nc(-c2ccc(C3(C)CC3)cc2)nc1N.Cc1nc(-c2ccc(C3(C)CC3)cc2)nc(N)c1C(=O)O.O.[Li+].[OH-]. The van der Waals surface area contributed by atoms with E-state index in [1.165, 1.54) is 36.8 Å². The summed E-state index contributed by atoms with van der Waals surface area (Å²) in [5.41, 5.74) is 17.9. The number of benzene rings is 2. The second kappa shape index (κ2) is 16.2. The molecule has 0 spiro atoms. The minimum absolute atomic E-state index is 0. The molecular formula is C35H45LiN6O6. The Balaban J connectivity index is 0.000000444. The Hall–Kier alpha value is -4.34. The van der Waals surface area contributed by atoms with E-state index in [1.807, 2.05) is 24.3 Å². The molecule has 0 amide bonds. The van der Waals surface area contributed by atoms with Crippen LogP contribution < -0.4 is 30.3 Å². The van der Waals surface area contributed by atoms with Gasteiger partial charge in [-0.3, -0.25) is 0 Å². The second-order valence-electron chi connectivity index (χ2n) is 12.1. The van der Waals surface area contributed by atoms with Gasteiger partial charge in [0.15, 0.2) is 11.6 Å². The Morgan fingerprint density at radius 3 is 1.40 bits per heavy atom. The predicted octanol–water partition coefficient (Wildman–Crippen LogP) is 2.68. The first kappa shape index (κ1) is 41.7. The number of carboxylic acid groups (broad SMARTS) is 1. The van der Waals surface area contributed by atoms with Gasteiger partial charge in [-0.2, -0.15) is 0 Å². The van der Waals surface area contributed by atoms with Crippen molar-refractivity contribution < 1.29 is 49.2 Å². The predicted molar refractivity (Wildman–Crippen MR) is 182 cm³/mol. The van der Waals surface area contributed by atoms with Crippen LogP contribution in [0.3, 0.4) is 0 Å². The number of anilines is 2. The van der Waals surface area contributed by atoms with E-state index in [2.05, 4.69) is 58.0 Å². The van der Waals surface area contributed by atoms with E-state index in [4.69, 9.17) is 21.3 Å². The number of hydrogen-bond acceptors (Lipinski definition) is 10. The zero-order valence-electron chi connectivity index (χ0n) is 27.7. The van der Waals surface area contributed by atoms with Crippen LogP contribution in [0.5, 0.6) is 0 Å². The standard InChI is InChI=1S/C18H21N3O2.C16H17N3O2.CH4.Li.2H2O/c1-4-23-17(22)14-11(2)20-16(21-15(14)19)12-5-7-13(8-6-12)18(3)9-10-18;1-9-12(15(20)21)13(17)19-14(18-9)10-3-5-11(6-4-10)16(2)7-8-16;;;;/h5-8H,4,9-10H2,1-3H3,(H2,19,20,21);3-6H,7-8H2,1-2H3,(H,20,21)(H2,17,18,19);1H4;;2*1H2/q;;;+1;;/p-1. The van der Waals surface area contributed by atoms with E-state index >= 15 is 0 Å². The van der Waals surface area contributed by atoms with E-state index in [0.29, 0.717) is 40.5 Å². The Kier molecular flexibility index (Phi) is 14.0. The van der Waals surface area contributed by atoms with Gasteiger partial charge >= 0.3 is 30.8 Å². The van der Waals surface area contributed by atoms with E-state index in [-0.39, 0.29) is 60.0 Å². The van der Waals surface area contributed by atoms with Gasteiger partial charge in [0.25, 0.3) is 0 Å². The molecule has 2 heterocycles. The summed E-state index contributed by atoms with van der Waals surface area (Å²) in [6, 6.07) is 16.4. The quantitative estimate of drug-likeness (QED) is 0.194. The number of carboxylic acids is 1. The monoisotopic (exact) mass is 652 g/mol. The molecule has 12 nitrogen and oxygen atoms in total. The van der Waals surface area contributed by atoms with Crippen LogP contribution in [-0.4, -0.2) is 54.5 Å². The number of aryl methyl sites for hydroxylation is 2. The van der Waals surface area contributed by atoms with Crippen LogP contribution in [-0.2, 0) is 15.6 Å². The van der Waals surface area contributed by atoms with Crippen molar-refractivity contribution in [3.63, 3.8) is 0 Å². The van der Waals surface area contributed by atoms with Crippen molar-refractivity contribution in [2.75, 3.05) is 18.1 Å². The number of nitrogen functional groups attached to an aromatic ring is 2. The summed E-state index contributed by atoms with van der Waals surface area (Å²) in [4.78, 5) is 40.1. The van der Waals surface area contributed by atoms with Crippen molar-refractivity contribution in [1.29, 1.82) is 0 Å². The van der Waals surface area contributed by atoms with Gasteiger partial charge in [-0.05, 0) is 68.4 Å². The molecule has 4 aromatic rings. The number of carbonyl (C=O) groups is 2. The molecule has 0 unspecified atom stereocenters. The Morgan fingerprint density at radius 1 is 0.750 bits per heavy atom. The number of aromatic nitrogens is 4. The van der Waals surface area contributed by atoms with Gasteiger partial charge in [-0.15, -0.1) is 0 Å². The van der Waals surface area contributed by atoms with Crippen molar-refractivity contribution in [3.05, 3.63) is 82.2 Å². The summed E-state index contributed by atoms with van der Waals surface area (Å²) in [5.74, 6) is -0.435. The van der Waals surface area contributed by atoms with Crippen LogP contribution in [0.4, 0.5) is 11.6 Å². The van der Waals surface area contributed by atoms with Gasteiger partial charge in [0, 0.05) is 11.1 Å². The third kappa shape index (κ3) is 8.76. The largest absolute Gasteiger partial charge is 1.00 e. The fourth-order valence-electron chi connectivity index (χ4n) is 5.16. The zero-order valence-corrected chi connectivity index (χ0v) is 27.7. The normalized spacial score (nSPS) is 14.2. The van der Waals surface area contributed by atoms with Gasteiger partial charge in [0.2, 0.25) is 0 Å². The van der Waals surface area contributed by atoms with Gasteiger partial charge < -0.3 is 32.3 Å². The molecule has 2 aliphatic carbocycles. The van der Waals surface area contributed by atoms with E-state index < -0.39 is 11.9 Å².